The molecular formula is C20H26ClN3O3. The van der Waals surface area contributed by atoms with Gasteiger partial charge in [-0.3, -0.25) is 4.79 Å². The van der Waals surface area contributed by atoms with Crippen molar-refractivity contribution in [2.75, 3.05) is 33.2 Å². The van der Waals surface area contributed by atoms with Gasteiger partial charge in [-0.2, -0.15) is 0 Å². The second-order valence-electron chi connectivity index (χ2n) is 8.02. The number of halogens is 1. The molecule has 1 aromatic heterocycles. The second kappa shape index (κ2) is 7.52. The van der Waals surface area contributed by atoms with E-state index < -0.39 is 11.6 Å². The molecule has 1 aromatic carbocycles. The number of fused-ring (bicyclic) bond motifs is 1. The van der Waals surface area contributed by atoms with Crippen molar-refractivity contribution in [2.24, 2.45) is 0 Å². The fourth-order valence-electron chi connectivity index (χ4n) is 3.20. The molecule has 3 rings (SSSR count). The van der Waals surface area contributed by atoms with E-state index in [0.717, 1.165) is 31.7 Å². The van der Waals surface area contributed by atoms with Gasteiger partial charge >= 0.3 is 5.97 Å². The Bertz CT molecular complexity index is 861. The molecule has 0 N–H and O–H groups in total. The highest BCUT2D eigenvalue weighted by molar-refractivity contribution is 6.31. The summed E-state index contributed by atoms with van der Waals surface area (Å²) in [6.07, 6.45) is 1.70. The van der Waals surface area contributed by atoms with Gasteiger partial charge in [-0.05, 0) is 46.0 Å². The Morgan fingerprint density at radius 2 is 1.81 bits per heavy atom. The predicted octanol–water partition coefficient (Wildman–Crippen LogP) is 3.02. The molecular weight excluding hydrogens is 366 g/mol. The maximum atomic E-state index is 12.7. The third-order valence-corrected chi connectivity index (χ3v) is 4.86. The average Bonchev–Trinajstić information content (AvgIpc) is 2.91. The van der Waals surface area contributed by atoms with E-state index in [-0.39, 0.29) is 12.5 Å². The first-order valence-corrected chi connectivity index (χ1v) is 9.50. The van der Waals surface area contributed by atoms with E-state index >= 15 is 0 Å². The summed E-state index contributed by atoms with van der Waals surface area (Å²) in [6, 6.07) is 5.34. The van der Waals surface area contributed by atoms with E-state index in [4.69, 9.17) is 16.3 Å². The Morgan fingerprint density at radius 1 is 1.15 bits per heavy atom. The van der Waals surface area contributed by atoms with E-state index in [2.05, 4.69) is 11.9 Å². The second-order valence-corrected chi connectivity index (χ2v) is 8.45. The number of carbonyl (C=O) groups excluding carboxylic acids is 2. The van der Waals surface area contributed by atoms with Crippen LogP contribution in [0.5, 0.6) is 0 Å². The van der Waals surface area contributed by atoms with Crippen LogP contribution in [0.1, 0.15) is 31.1 Å². The summed E-state index contributed by atoms with van der Waals surface area (Å²) in [5.41, 5.74) is 0.621. The van der Waals surface area contributed by atoms with E-state index in [1.807, 2.05) is 36.3 Å². The zero-order valence-electron chi connectivity index (χ0n) is 16.3. The number of benzene rings is 1. The van der Waals surface area contributed by atoms with E-state index in [1.54, 1.807) is 18.3 Å². The molecule has 1 amide bonds. The summed E-state index contributed by atoms with van der Waals surface area (Å²) < 4.78 is 7.33. The molecule has 1 saturated heterocycles. The minimum absolute atomic E-state index is 0.0469. The number of piperazine rings is 1. The molecule has 1 fully saturated rings. The lowest BCUT2D eigenvalue weighted by Gasteiger charge is -2.32. The first-order chi connectivity index (χ1) is 12.6. The molecule has 2 aromatic rings. The molecule has 2 heterocycles. The topological polar surface area (TPSA) is 54.8 Å². The van der Waals surface area contributed by atoms with Crippen LogP contribution < -0.4 is 0 Å². The lowest BCUT2D eigenvalue weighted by Crippen LogP contribution is -2.48. The highest BCUT2D eigenvalue weighted by Gasteiger charge is 2.24. The van der Waals surface area contributed by atoms with Gasteiger partial charge in [0.25, 0.3) is 0 Å². The molecule has 0 atom stereocenters. The number of carbonyl (C=O) groups is 2. The van der Waals surface area contributed by atoms with Crippen molar-refractivity contribution in [3.8, 4) is 0 Å². The highest BCUT2D eigenvalue weighted by atomic mass is 35.5. The number of nitrogens with zero attached hydrogens (tertiary/aromatic N) is 3. The maximum Gasteiger partial charge on any atom is 0.340 e. The van der Waals surface area contributed by atoms with Crippen LogP contribution in [0.2, 0.25) is 5.02 Å². The third-order valence-electron chi connectivity index (χ3n) is 4.62. The van der Waals surface area contributed by atoms with E-state index in [9.17, 15) is 9.59 Å². The molecule has 1 aliphatic heterocycles. The lowest BCUT2D eigenvalue weighted by molar-refractivity contribution is -0.133. The van der Waals surface area contributed by atoms with Gasteiger partial charge in [0, 0.05) is 48.3 Å². The van der Waals surface area contributed by atoms with Crippen molar-refractivity contribution < 1.29 is 14.3 Å². The van der Waals surface area contributed by atoms with Crippen molar-refractivity contribution in [3.05, 3.63) is 35.0 Å². The molecule has 0 saturated carbocycles. The number of esters is 1. The molecule has 0 unspecified atom stereocenters. The van der Waals surface area contributed by atoms with Gasteiger partial charge in [-0.15, -0.1) is 0 Å². The summed E-state index contributed by atoms with van der Waals surface area (Å²) in [5.74, 6) is -0.369. The zero-order valence-corrected chi connectivity index (χ0v) is 17.0. The van der Waals surface area contributed by atoms with Crippen LogP contribution in [0.3, 0.4) is 0 Å². The molecule has 0 aliphatic carbocycles. The third kappa shape index (κ3) is 4.62. The van der Waals surface area contributed by atoms with Crippen molar-refractivity contribution >= 4 is 34.4 Å². The minimum atomic E-state index is -0.597. The van der Waals surface area contributed by atoms with Crippen LogP contribution in [0.4, 0.5) is 0 Å². The summed E-state index contributed by atoms with van der Waals surface area (Å²) in [5, 5.41) is 1.23. The van der Waals surface area contributed by atoms with Crippen LogP contribution in [0, 0.1) is 0 Å². The normalized spacial score (nSPS) is 16.0. The molecule has 7 heteroatoms. The molecule has 0 spiro atoms. The van der Waals surface area contributed by atoms with Crippen molar-refractivity contribution in [1.29, 1.82) is 0 Å². The van der Waals surface area contributed by atoms with Crippen LogP contribution >= 0.6 is 11.6 Å². The lowest BCUT2D eigenvalue weighted by atomic mass is 10.1. The predicted molar refractivity (Wildman–Crippen MR) is 106 cm³/mol. The Labute approximate surface area is 164 Å². The number of ether oxygens (including phenoxy) is 1. The van der Waals surface area contributed by atoms with Gasteiger partial charge in [-0.1, -0.05) is 11.6 Å². The summed E-state index contributed by atoms with van der Waals surface area (Å²) in [4.78, 5) is 29.5. The van der Waals surface area contributed by atoms with Gasteiger partial charge in [0.2, 0.25) is 5.91 Å². The first kappa shape index (κ1) is 19.7. The van der Waals surface area contributed by atoms with Gasteiger partial charge < -0.3 is 19.1 Å². The molecule has 1 aliphatic rings. The number of hydrogen-bond donors (Lipinski definition) is 0. The smallest absolute Gasteiger partial charge is 0.340 e. The molecule has 0 radical (unpaired) electrons. The standard InChI is InChI=1S/C20H26ClN3O3/c1-20(2,3)27-19(26)16-12-24(17-6-5-14(21)11-15(16)17)13-18(25)23-9-7-22(4)8-10-23/h5-6,11-12H,7-10,13H2,1-4H3. The average molecular weight is 392 g/mol. The number of hydrogen-bond acceptors (Lipinski definition) is 4. The number of aromatic nitrogens is 1. The molecule has 27 heavy (non-hydrogen) atoms. The maximum absolute atomic E-state index is 12.7. The summed E-state index contributed by atoms with van der Waals surface area (Å²) in [6.45, 7) is 8.85. The molecule has 6 nitrogen and oxygen atoms in total. The fraction of sp³-hybridized carbons (Fsp3) is 0.500. The van der Waals surface area contributed by atoms with Gasteiger partial charge in [0.1, 0.15) is 12.1 Å². The largest absolute Gasteiger partial charge is 0.456 e. The van der Waals surface area contributed by atoms with Crippen LogP contribution in [-0.2, 0) is 16.1 Å². The Kier molecular flexibility index (Phi) is 5.49. The zero-order chi connectivity index (χ0) is 19.8. The van der Waals surface area contributed by atoms with Crippen LogP contribution in [0.15, 0.2) is 24.4 Å². The van der Waals surface area contributed by atoms with Crippen molar-refractivity contribution in [2.45, 2.75) is 32.9 Å². The van der Waals surface area contributed by atoms with Gasteiger partial charge in [0.15, 0.2) is 0 Å². The van der Waals surface area contributed by atoms with E-state index in [0.29, 0.717) is 16.0 Å². The minimum Gasteiger partial charge on any atom is -0.456 e. The van der Waals surface area contributed by atoms with Gasteiger partial charge in [-0.25, -0.2) is 4.79 Å². The Morgan fingerprint density at radius 3 is 2.44 bits per heavy atom. The number of likely N-dealkylation sites (N-methyl/N-ethyl adjacent to an activating group) is 1. The van der Waals surface area contributed by atoms with Crippen LogP contribution in [-0.4, -0.2) is 65.1 Å². The number of amides is 1. The van der Waals surface area contributed by atoms with Crippen molar-refractivity contribution in [1.82, 2.24) is 14.4 Å². The van der Waals surface area contributed by atoms with E-state index in [1.165, 1.54) is 0 Å². The monoisotopic (exact) mass is 391 g/mol. The highest BCUT2D eigenvalue weighted by Crippen LogP contribution is 2.27. The fourth-order valence-corrected chi connectivity index (χ4v) is 3.37. The summed E-state index contributed by atoms with van der Waals surface area (Å²) in [7, 11) is 2.05. The van der Waals surface area contributed by atoms with Crippen LogP contribution in [0.25, 0.3) is 10.9 Å². The SMILES string of the molecule is CN1CCN(C(=O)Cn2cc(C(=O)OC(C)(C)C)c3cc(Cl)ccc32)CC1. The molecule has 0 bridgehead atoms. The molecule has 146 valence electrons. The Hall–Kier alpha value is -2.05. The Balaban J connectivity index is 1.89. The first-order valence-electron chi connectivity index (χ1n) is 9.12. The van der Waals surface area contributed by atoms with Gasteiger partial charge in [0.05, 0.1) is 5.56 Å². The summed E-state index contributed by atoms with van der Waals surface area (Å²) >= 11 is 6.14. The van der Waals surface area contributed by atoms with Crippen molar-refractivity contribution in [3.63, 3.8) is 0 Å². The number of rotatable bonds is 3. The quantitative estimate of drug-likeness (QED) is 0.755.